The van der Waals surface area contributed by atoms with Gasteiger partial charge in [0.25, 0.3) is 11.8 Å². The lowest BCUT2D eigenvalue weighted by molar-refractivity contribution is -0.148. The Hall–Kier alpha value is -3.33. The molecular weight excluding hydrogens is 498 g/mol. The fourth-order valence-electron chi connectivity index (χ4n) is 4.00. The van der Waals surface area contributed by atoms with E-state index in [1.54, 1.807) is 27.8 Å². The smallest absolute Gasteiger partial charge is 0.355 e. The number of aromatic amines is 1. The quantitative estimate of drug-likeness (QED) is 0.250. The van der Waals surface area contributed by atoms with Gasteiger partial charge in [-0.2, -0.15) is 0 Å². The Labute approximate surface area is 208 Å². The number of esters is 1. The van der Waals surface area contributed by atoms with Crippen molar-refractivity contribution < 1.29 is 29.0 Å². The summed E-state index contributed by atoms with van der Waals surface area (Å²) in [6.07, 6.45) is 0. The molecule has 186 valence electrons. The Morgan fingerprint density at radius 1 is 1.34 bits per heavy atom. The zero-order valence-corrected chi connectivity index (χ0v) is 21.0. The van der Waals surface area contributed by atoms with Crippen molar-refractivity contribution in [1.82, 2.24) is 35.4 Å². The number of H-pyrrole nitrogens is 1. The van der Waals surface area contributed by atoms with Crippen molar-refractivity contribution >= 4 is 47.3 Å². The Morgan fingerprint density at radius 2 is 2.09 bits per heavy atom. The largest absolute Gasteiger partial charge is 0.477 e. The van der Waals surface area contributed by atoms with Crippen molar-refractivity contribution in [2.75, 3.05) is 18.1 Å². The first-order valence-electron chi connectivity index (χ1n) is 10.6. The van der Waals surface area contributed by atoms with Crippen LogP contribution in [0.1, 0.15) is 39.0 Å². The molecule has 0 aliphatic carbocycles. The van der Waals surface area contributed by atoms with E-state index in [4.69, 9.17) is 4.74 Å². The third-order valence-corrected chi connectivity index (χ3v) is 8.07. The molecule has 35 heavy (non-hydrogen) atoms. The molecule has 0 unspecified atom stereocenters. The Bertz CT molecular complexity index is 1250. The van der Waals surface area contributed by atoms with E-state index < -0.39 is 35.2 Å². The van der Waals surface area contributed by atoms with Crippen LogP contribution in [0.15, 0.2) is 16.4 Å². The highest BCUT2D eigenvalue weighted by Crippen LogP contribution is 2.41. The molecule has 2 atom stereocenters. The molecule has 0 aromatic carbocycles. The van der Waals surface area contributed by atoms with Gasteiger partial charge in [-0.15, -0.1) is 16.9 Å². The van der Waals surface area contributed by atoms with Crippen LogP contribution in [0.2, 0.25) is 0 Å². The number of hydrogen-bond donors (Lipinski definition) is 3. The molecular formula is C20H23N7O6S2. The molecule has 0 radical (unpaired) electrons. The molecule has 4 rings (SSSR count). The number of β-lactam (4-membered cyclic amide) rings is 1. The summed E-state index contributed by atoms with van der Waals surface area (Å²) in [7, 11) is 1.68. The maximum atomic E-state index is 13.0. The molecule has 2 aliphatic rings. The molecule has 1 saturated heterocycles. The number of carbonyl (C=O) groups excluding carboxylic acids is 3. The maximum absolute atomic E-state index is 13.0. The fourth-order valence-corrected chi connectivity index (χ4v) is 6.34. The van der Waals surface area contributed by atoms with E-state index in [-0.39, 0.29) is 23.6 Å². The van der Waals surface area contributed by atoms with Gasteiger partial charge in [0.2, 0.25) is 5.16 Å². The molecule has 2 aliphatic heterocycles. The summed E-state index contributed by atoms with van der Waals surface area (Å²) in [5.74, 6) is -2.14. The monoisotopic (exact) mass is 521 g/mol. The number of aryl methyl sites for hydroxylation is 2. The van der Waals surface area contributed by atoms with E-state index in [2.05, 4.69) is 25.8 Å². The Morgan fingerprint density at radius 3 is 2.71 bits per heavy atom. The number of amides is 2. The average Bonchev–Trinajstić information content (AvgIpc) is 3.36. The van der Waals surface area contributed by atoms with Crippen LogP contribution >= 0.6 is 23.5 Å². The van der Waals surface area contributed by atoms with Crippen LogP contribution in [-0.2, 0) is 21.4 Å². The van der Waals surface area contributed by atoms with Crippen LogP contribution < -0.4 is 5.32 Å². The zero-order chi connectivity index (χ0) is 25.4. The third-order valence-electron chi connectivity index (χ3n) is 5.64. The minimum absolute atomic E-state index is 0.0783. The molecule has 15 heteroatoms. The summed E-state index contributed by atoms with van der Waals surface area (Å²) >= 11 is 2.65. The molecule has 2 amide bonds. The molecule has 1 fully saturated rings. The third kappa shape index (κ3) is 4.40. The van der Waals surface area contributed by atoms with Gasteiger partial charge in [-0.05, 0) is 42.3 Å². The summed E-state index contributed by atoms with van der Waals surface area (Å²) < 4.78 is 6.49. The Balaban J connectivity index is 1.50. The summed E-state index contributed by atoms with van der Waals surface area (Å²) in [6, 6.07) is -0.890. The van der Waals surface area contributed by atoms with Gasteiger partial charge < -0.3 is 20.1 Å². The van der Waals surface area contributed by atoms with Crippen molar-refractivity contribution in [3.05, 3.63) is 33.8 Å². The number of nitrogens with zero attached hydrogens (tertiary/aromatic N) is 5. The number of rotatable bonds is 8. The average molecular weight is 522 g/mol. The minimum atomic E-state index is -1.21. The van der Waals surface area contributed by atoms with Crippen LogP contribution in [0, 0.1) is 13.8 Å². The first-order valence-corrected chi connectivity index (χ1v) is 12.6. The lowest BCUT2D eigenvalue weighted by Gasteiger charge is -2.49. The van der Waals surface area contributed by atoms with E-state index in [9.17, 15) is 24.3 Å². The number of thioether (sulfide) groups is 2. The highest BCUT2D eigenvalue weighted by molar-refractivity contribution is 8.01. The maximum Gasteiger partial charge on any atom is 0.355 e. The highest BCUT2D eigenvalue weighted by Gasteiger charge is 2.54. The fraction of sp³-hybridized carbons (Fsp3) is 0.450. The number of carbonyl (C=O) groups is 4. The Kier molecular flexibility index (Phi) is 6.89. The van der Waals surface area contributed by atoms with Gasteiger partial charge in [-0.1, -0.05) is 11.8 Å². The number of aromatic nitrogens is 5. The summed E-state index contributed by atoms with van der Waals surface area (Å²) in [6.45, 7) is 5.15. The van der Waals surface area contributed by atoms with E-state index in [1.165, 1.54) is 33.1 Å². The van der Waals surface area contributed by atoms with Crippen LogP contribution in [0.5, 0.6) is 0 Å². The van der Waals surface area contributed by atoms with E-state index in [0.29, 0.717) is 33.5 Å². The molecule has 0 spiro atoms. The number of carboxylic acid groups (broad SMARTS) is 1. The molecule has 2 aromatic rings. The number of carboxylic acids is 1. The van der Waals surface area contributed by atoms with Gasteiger partial charge in [0.05, 0.1) is 12.2 Å². The van der Waals surface area contributed by atoms with Gasteiger partial charge >= 0.3 is 11.9 Å². The first kappa shape index (κ1) is 24.8. The second-order valence-electron chi connectivity index (χ2n) is 7.84. The second kappa shape index (κ2) is 9.73. The van der Waals surface area contributed by atoms with Crippen molar-refractivity contribution in [1.29, 1.82) is 0 Å². The van der Waals surface area contributed by atoms with E-state index in [0.717, 1.165) is 0 Å². The number of hydrogen-bond acceptors (Lipinski definition) is 10. The summed E-state index contributed by atoms with van der Waals surface area (Å²) in [5, 5.41) is 23.7. The minimum Gasteiger partial charge on any atom is -0.477 e. The standard InChI is InChI=1S/C20H23N7O6S2/c1-5-33-19(32)12-8(2)11(9(3)21-12)15(28)22-13-16(29)27-14(18(30)31)10(6-34-17(13)27)7-35-20-23-24-25-26(20)4/h13,17,21H,5-7H2,1-4H3,(H,22,28)(H,30,31)/t13-,17-/m1/s1. The number of fused-ring (bicyclic) bond motifs is 1. The summed E-state index contributed by atoms with van der Waals surface area (Å²) in [5.41, 5.74) is 1.81. The topological polar surface area (TPSA) is 172 Å². The van der Waals surface area contributed by atoms with Gasteiger partial charge in [-0.25, -0.2) is 14.3 Å². The SMILES string of the molecule is CCOC(=O)c1[nH]c(C)c(C(=O)N[C@@H]2C(=O)N3C(C(=O)O)=C(CSc4nnnn4C)CS[C@H]23)c1C. The normalized spacial score (nSPS) is 19.3. The van der Waals surface area contributed by atoms with Gasteiger partial charge in [-0.3, -0.25) is 14.5 Å². The predicted octanol–water partition coefficient (Wildman–Crippen LogP) is 0.476. The highest BCUT2D eigenvalue weighted by atomic mass is 32.2. The molecule has 2 aromatic heterocycles. The molecule has 0 bridgehead atoms. The predicted molar refractivity (Wildman–Crippen MR) is 125 cm³/mol. The number of ether oxygens (including phenoxy) is 1. The van der Waals surface area contributed by atoms with Crippen LogP contribution in [0.3, 0.4) is 0 Å². The van der Waals surface area contributed by atoms with Gasteiger partial charge in [0.1, 0.15) is 22.8 Å². The molecule has 0 saturated carbocycles. The van der Waals surface area contributed by atoms with Crippen molar-refractivity contribution in [3.63, 3.8) is 0 Å². The molecule has 3 N–H and O–H groups in total. The molecule has 4 heterocycles. The summed E-state index contributed by atoms with van der Waals surface area (Å²) in [4.78, 5) is 54.2. The van der Waals surface area contributed by atoms with Crippen molar-refractivity contribution in [2.45, 2.75) is 37.3 Å². The molecule has 13 nitrogen and oxygen atoms in total. The van der Waals surface area contributed by atoms with E-state index in [1.807, 2.05) is 0 Å². The zero-order valence-electron chi connectivity index (χ0n) is 19.3. The van der Waals surface area contributed by atoms with Gasteiger partial charge in [0.15, 0.2) is 0 Å². The lowest BCUT2D eigenvalue weighted by atomic mass is 10.0. The number of nitrogens with one attached hydrogen (secondary N) is 2. The van der Waals surface area contributed by atoms with Crippen molar-refractivity contribution in [3.8, 4) is 0 Å². The number of aliphatic carboxylic acids is 1. The van der Waals surface area contributed by atoms with Gasteiger partial charge in [0, 0.05) is 24.2 Å². The van der Waals surface area contributed by atoms with Crippen molar-refractivity contribution in [2.24, 2.45) is 7.05 Å². The van der Waals surface area contributed by atoms with Crippen LogP contribution in [0.25, 0.3) is 0 Å². The first-order chi connectivity index (χ1) is 16.6. The van der Waals surface area contributed by atoms with E-state index >= 15 is 0 Å². The van der Waals surface area contributed by atoms with Crippen LogP contribution in [-0.4, -0.2) is 88.5 Å². The second-order valence-corrected chi connectivity index (χ2v) is 9.88. The van der Waals surface area contributed by atoms with Crippen LogP contribution in [0.4, 0.5) is 0 Å². The number of tetrazole rings is 1. The lowest BCUT2D eigenvalue weighted by Crippen LogP contribution is -2.70.